The Kier molecular flexibility index (Phi) is 5.26. The van der Waals surface area contributed by atoms with Crippen LogP contribution in [0.4, 0.5) is 5.69 Å². The Morgan fingerprint density at radius 2 is 2.18 bits per heavy atom. The van der Waals surface area contributed by atoms with Gasteiger partial charge in [-0.1, -0.05) is 6.07 Å². The second-order valence-electron chi connectivity index (χ2n) is 5.13. The van der Waals surface area contributed by atoms with E-state index in [0.29, 0.717) is 25.9 Å². The number of anilines is 1. The number of benzene rings is 1. The molecule has 1 aromatic carbocycles. The highest BCUT2D eigenvalue weighted by molar-refractivity contribution is 5.93. The van der Waals surface area contributed by atoms with E-state index in [-0.39, 0.29) is 5.91 Å². The highest BCUT2D eigenvalue weighted by atomic mass is 16.2. The molecule has 0 aliphatic rings. The van der Waals surface area contributed by atoms with Gasteiger partial charge in [-0.2, -0.15) is 10.4 Å². The zero-order chi connectivity index (χ0) is 15.9. The van der Waals surface area contributed by atoms with Crippen molar-refractivity contribution in [2.75, 3.05) is 11.4 Å². The first-order chi connectivity index (χ1) is 10.6. The molecule has 0 aliphatic carbocycles. The van der Waals surface area contributed by atoms with Crippen molar-refractivity contribution in [2.24, 2.45) is 0 Å². The van der Waals surface area contributed by atoms with Crippen LogP contribution < -0.4 is 4.90 Å². The lowest BCUT2D eigenvalue weighted by atomic mass is 10.1. The van der Waals surface area contributed by atoms with Crippen molar-refractivity contribution in [1.29, 1.82) is 5.26 Å². The zero-order valence-electron chi connectivity index (χ0n) is 12.9. The fraction of sp³-hybridized carbons (Fsp3) is 0.375. The van der Waals surface area contributed by atoms with E-state index in [9.17, 15) is 4.79 Å². The molecule has 0 bridgehead atoms. The van der Waals surface area contributed by atoms with Crippen LogP contribution in [0.5, 0.6) is 0 Å². The maximum atomic E-state index is 12.5. The number of hydrogen-bond acceptors (Lipinski definition) is 4. The SMILES string of the molecule is Cc1ccc(N(CCC#N)C(=O)CCn2cncn2)cc1C. The van der Waals surface area contributed by atoms with E-state index in [1.165, 1.54) is 11.9 Å². The second kappa shape index (κ2) is 7.36. The first-order valence-corrected chi connectivity index (χ1v) is 7.19. The number of amides is 1. The summed E-state index contributed by atoms with van der Waals surface area (Å²) >= 11 is 0. The van der Waals surface area contributed by atoms with Crippen LogP contribution in [0, 0.1) is 25.2 Å². The lowest BCUT2D eigenvalue weighted by Crippen LogP contribution is -2.32. The molecule has 2 aromatic rings. The van der Waals surface area contributed by atoms with E-state index in [0.717, 1.165) is 11.3 Å². The first-order valence-electron chi connectivity index (χ1n) is 7.19. The van der Waals surface area contributed by atoms with Gasteiger partial charge in [-0.3, -0.25) is 9.48 Å². The van der Waals surface area contributed by atoms with E-state index in [1.807, 2.05) is 32.0 Å². The average Bonchev–Trinajstić information content (AvgIpc) is 3.02. The number of nitriles is 1. The summed E-state index contributed by atoms with van der Waals surface area (Å²) in [6.07, 6.45) is 3.66. The Balaban J connectivity index is 2.12. The minimum Gasteiger partial charge on any atom is -0.311 e. The van der Waals surface area contributed by atoms with Crippen LogP contribution in [-0.4, -0.2) is 27.2 Å². The molecule has 6 nitrogen and oxygen atoms in total. The summed E-state index contributed by atoms with van der Waals surface area (Å²) in [7, 11) is 0. The summed E-state index contributed by atoms with van der Waals surface area (Å²) in [4.78, 5) is 18.0. The van der Waals surface area contributed by atoms with Crippen molar-refractivity contribution < 1.29 is 4.79 Å². The standard InChI is InChI=1S/C16H19N5O/c1-13-4-5-15(10-14(13)2)21(8-3-7-17)16(22)6-9-20-12-18-11-19-20/h4-5,10-12H,3,6,8-9H2,1-2H3. The smallest absolute Gasteiger partial charge is 0.228 e. The molecular weight excluding hydrogens is 278 g/mol. The van der Waals surface area contributed by atoms with Crippen molar-refractivity contribution in [3.8, 4) is 6.07 Å². The van der Waals surface area contributed by atoms with E-state index >= 15 is 0 Å². The van der Waals surface area contributed by atoms with E-state index in [1.54, 1.807) is 15.9 Å². The average molecular weight is 297 g/mol. The second-order valence-corrected chi connectivity index (χ2v) is 5.13. The minimum atomic E-state index is -0.0194. The van der Waals surface area contributed by atoms with Crippen LogP contribution in [0.3, 0.4) is 0 Å². The van der Waals surface area contributed by atoms with E-state index < -0.39 is 0 Å². The molecule has 0 spiro atoms. The van der Waals surface area contributed by atoms with Crippen LogP contribution in [0.1, 0.15) is 24.0 Å². The normalized spacial score (nSPS) is 10.2. The van der Waals surface area contributed by atoms with Crippen molar-refractivity contribution in [2.45, 2.75) is 33.2 Å². The largest absolute Gasteiger partial charge is 0.311 e. The van der Waals surface area contributed by atoms with E-state index in [4.69, 9.17) is 5.26 Å². The van der Waals surface area contributed by atoms with Crippen LogP contribution in [0.25, 0.3) is 0 Å². The van der Waals surface area contributed by atoms with Crippen LogP contribution >= 0.6 is 0 Å². The number of aryl methyl sites for hydroxylation is 3. The molecule has 114 valence electrons. The van der Waals surface area contributed by atoms with Crippen molar-refractivity contribution in [3.63, 3.8) is 0 Å². The predicted molar refractivity (Wildman–Crippen MR) is 83.1 cm³/mol. The van der Waals surface area contributed by atoms with Gasteiger partial charge in [0.25, 0.3) is 0 Å². The number of rotatable bonds is 6. The number of carbonyl (C=O) groups is 1. The molecule has 22 heavy (non-hydrogen) atoms. The molecule has 2 rings (SSSR count). The topological polar surface area (TPSA) is 74.8 Å². The monoisotopic (exact) mass is 297 g/mol. The lowest BCUT2D eigenvalue weighted by Gasteiger charge is -2.22. The van der Waals surface area contributed by atoms with Crippen LogP contribution in [0.2, 0.25) is 0 Å². The summed E-state index contributed by atoms with van der Waals surface area (Å²) in [6.45, 7) is 4.92. The molecular formula is C16H19N5O. The Bertz CT molecular complexity index is 672. The molecule has 0 unspecified atom stereocenters. The van der Waals surface area contributed by atoms with Crippen molar-refractivity contribution in [3.05, 3.63) is 42.0 Å². The fourth-order valence-corrected chi connectivity index (χ4v) is 2.15. The summed E-state index contributed by atoms with van der Waals surface area (Å²) in [6, 6.07) is 8.00. The molecule has 0 fully saturated rings. The molecule has 0 aliphatic heterocycles. The molecule has 1 heterocycles. The summed E-state index contributed by atoms with van der Waals surface area (Å²) in [5.41, 5.74) is 3.14. The third-order valence-corrected chi connectivity index (χ3v) is 3.57. The van der Waals surface area contributed by atoms with Crippen LogP contribution in [0.15, 0.2) is 30.9 Å². The molecule has 0 atom stereocenters. The first kappa shape index (κ1) is 15.7. The molecule has 0 saturated heterocycles. The van der Waals surface area contributed by atoms with Gasteiger partial charge in [0.2, 0.25) is 5.91 Å². The minimum absolute atomic E-state index is 0.0194. The molecule has 0 N–H and O–H groups in total. The quantitative estimate of drug-likeness (QED) is 0.819. The molecule has 1 aromatic heterocycles. The molecule has 0 radical (unpaired) electrons. The van der Waals surface area contributed by atoms with Gasteiger partial charge in [-0.05, 0) is 37.1 Å². The third kappa shape index (κ3) is 3.92. The van der Waals surface area contributed by atoms with Gasteiger partial charge in [0.05, 0.1) is 19.0 Å². The Morgan fingerprint density at radius 3 is 2.82 bits per heavy atom. The summed E-state index contributed by atoms with van der Waals surface area (Å²) in [5, 5.41) is 12.8. The number of aromatic nitrogens is 3. The van der Waals surface area contributed by atoms with Gasteiger partial charge in [0, 0.05) is 18.7 Å². The Labute approximate surface area is 130 Å². The van der Waals surface area contributed by atoms with Gasteiger partial charge in [0.1, 0.15) is 12.7 Å². The summed E-state index contributed by atoms with van der Waals surface area (Å²) < 4.78 is 1.63. The molecule has 0 saturated carbocycles. The number of nitrogens with zero attached hydrogens (tertiary/aromatic N) is 5. The zero-order valence-corrected chi connectivity index (χ0v) is 12.9. The Morgan fingerprint density at radius 1 is 1.36 bits per heavy atom. The van der Waals surface area contributed by atoms with Crippen molar-refractivity contribution in [1.82, 2.24) is 14.8 Å². The lowest BCUT2D eigenvalue weighted by molar-refractivity contribution is -0.118. The van der Waals surface area contributed by atoms with E-state index in [2.05, 4.69) is 16.2 Å². The molecule has 1 amide bonds. The highest BCUT2D eigenvalue weighted by Crippen LogP contribution is 2.20. The van der Waals surface area contributed by atoms with Gasteiger partial charge in [-0.15, -0.1) is 0 Å². The van der Waals surface area contributed by atoms with Gasteiger partial charge >= 0.3 is 0 Å². The number of hydrogen-bond donors (Lipinski definition) is 0. The van der Waals surface area contributed by atoms with Crippen molar-refractivity contribution >= 4 is 11.6 Å². The highest BCUT2D eigenvalue weighted by Gasteiger charge is 2.16. The Hall–Kier alpha value is -2.68. The number of carbonyl (C=O) groups excluding carboxylic acids is 1. The fourth-order valence-electron chi connectivity index (χ4n) is 2.15. The maximum Gasteiger partial charge on any atom is 0.228 e. The van der Waals surface area contributed by atoms with Crippen LogP contribution in [-0.2, 0) is 11.3 Å². The molecule has 6 heteroatoms. The predicted octanol–water partition coefficient (Wildman–Crippen LogP) is 2.23. The maximum absolute atomic E-state index is 12.5. The van der Waals surface area contributed by atoms with Gasteiger partial charge in [0.15, 0.2) is 0 Å². The summed E-state index contributed by atoms with van der Waals surface area (Å²) in [5.74, 6) is -0.0194. The third-order valence-electron chi connectivity index (χ3n) is 3.57. The van der Waals surface area contributed by atoms with Gasteiger partial charge in [-0.25, -0.2) is 4.98 Å². The van der Waals surface area contributed by atoms with Gasteiger partial charge < -0.3 is 4.90 Å².